The molecule has 156 valence electrons. The van der Waals surface area contributed by atoms with Crippen LogP contribution in [0.15, 0.2) is 30.3 Å². The number of hydrogen-bond donors (Lipinski definition) is 1. The van der Waals surface area contributed by atoms with E-state index in [0.717, 1.165) is 17.0 Å². The highest BCUT2D eigenvalue weighted by Gasteiger charge is 2.32. The first-order valence-corrected chi connectivity index (χ1v) is 9.63. The quantitative estimate of drug-likeness (QED) is 0.736. The summed E-state index contributed by atoms with van der Waals surface area (Å²) < 4.78 is 49.6. The molecule has 10 heteroatoms. The van der Waals surface area contributed by atoms with Crippen molar-refractivity contribution >= 4 is 34.6 Å². The van der Waals surface area contributed by atoms with E-state index in [1.807, 2.05) is 11.8 Å². The summed E-state index contributed by atoms with van der Waals surface area (Å²) in [4.78, 5) is 27.3. The van der Waals surface area contributed by atoms with E-state index in [2.05, 4.69) is 5.32 Å². The third-order valence-electron chi connectivity index (χ3n) is 4.23. The van der Waals surface area contributed by atoms with Crippen molar-refractivity contribution in [2.45, 2.75) is 13.1 Å². The summed E-state index contributed by atoms with van der Waals surface area (Å²) in [7, 11) is 0. The van der Waals surface area contributed by atoms with E-state index in [0.29, 0.717) is 36.9 Å². The number of ether oxygens (including phenoxy) is 2. The summed E-state index contributed by atoms with van der Waals surface area (Å²) >= 11 is 1.23. The van der Waals surface area contributed by atoms with Crippen LogP contribution in [-0.2, 0) is 20.4 Å². The highest BCUT2D eigenvalue weighted by atomic mass is 32.1. The zero-order chi connectivity index (χ0) is 21.0. The minimum Gasteiger partial charge on any atom is -0.451 e. The maximum absolute atomic E-state index is 13.1. The predicted molar refractivity (Wildman–Crippen MR) is 102 cm³/mol. The van der Waals surface area contributed by atoms with Gasteiger partial charge in [0.15, 0.2) is 6.61 Å². The van der Waals surface area contributed by atoms with E-state index >= 15 is 0 Å². The molecule has 1 aromatic carbocycles. The number of benzene rings is 1. The van der Waals surface area contributed by atoms with Gasteiger partial charge in [-0.15, -0.1) is 11.3 Å². The van der Waals surface area contributed by atoms with E-state index < -0.39 is 30.2 Å². The second-order valence-corrected chi connectivity index (χ2v) is 7.65. The van der Waals surface area contributed by atoms with Crippen molar-refractivity contribution in [3.63, 3.8) is 0 Å². The number of nitrogens with zero attached hydrogens (tertiary/aromatic N) is 1. The lowest BCUT2D eigenvalue weighted by atomic mass is 10.1. The van der Waals surface area contributed by atoms with Crippen molar-refractivity contribution < 1.29 is 32.2 Å². The van der Waals surface area contributed by atoms with Gasteiger partial charge in [0.05, 0.1) is 30.2 Å². The Bertz CT molecular complexity index is 892. The number of aryl methyl sites for hydroxylation is 1. The van der Waals surface area contributed by atoms with Gasteiger partial charge in [-0.05, 0) is 37.3 Å². The first kappa shape index (κ1) is 21.1. The molecule has 29 heavy (non-hydrogen) atoms. The van der Waals surface area contributed by atoms with Gasteiger partial charge in [0.25, 0.3) is 5.91 Å². The molecule has 1 fully saturated rings. The van der Waals surface area contributed by atoms with Crippen LogP contribution in [0.25, 0.3) is 0 Å². The third-order valence-corrected chi connectivity index (χ3v) is 5.21. The zero-order valence-electron chi connectivity index (χ0n) is 15.5. The molecule has 0 saturated carbocycles. The minimum absolute atomic E-state index is 0.00902. The lowest BCUT2D eigenvalue weighted by Crippen LogP contribution is -2.37. The van der Waals surface area contributed by atoms with Crippen molar-refractivity contribution in [2.24, 2.45) is 0 Å². The van der Waals surface area contributed by atoms with Crippen LogP contribution in [0.5, 0.6) is 0 Å². The Kier molecular flexibility index (Phi) is 6.43. The number of nitrogens with one attached hydrogen (secondary N) is 1. The SMILES string of the molecule is Cc1ccc(C(=O)OCC(=O)Nc2cc(C(F)(F)F)ccc2N2CCOCC2)s1. The molecule has 0 aliphatic carbocycles. The molecular formula is C19H19F3N2O4S. The molecule has 2 aromatic rings. The molecule has 1 saturated heterocycles. The standard InChI is InChI=1S/C19H19F3N2O4S/c1-12-2-5-16(29-12)18(26)28-11-17(25)23-14-10-13(19(20,21)22)3-4-15(14)24-6-8-27-9-7-24/h2-5,10H,6-9,11H2,1H3,(H,23,25). The summed E-state index contributed by atoms with van der Waals surface area (Å²) in [6.07, 6.45) is -4.55. The smallest absolute Gasteiger partial charge is 0.416 e. The average Bonchev–Trinajstić information content (AvgIpc) is 3.12. The first-order chi connectivity index (χ1) is 13.7. The number of alkyl halides is 3. The van der Waals surface area contributed by atoms with Gasteiger partial charge >= 0.3 is 12.1 Å². The number of carbonyl (C=O) groups excluding carboxylic acids is 2. The van der Waals surface area contributed by atoms with Gasteiger partial charge in [0.1, 0.15) is 4.88 Å². The van der Waals surface area contributed by atoms with Crippen LogP contribution in [0, 0.1) is 6.92 Å². The highest BCUT2D eigenvalue weighted by molar-refractivity contribution is 7.13. The second kappa shape index (κ2) is 8.83. The first-order valence-electron chi connectivity index (χ1n) is 8.81. The third kappa shape index (κ3) is 5.48. The lowest BCUT2D eigenvalue weighted by molar-refractivity contribution is -0.137. The van der Waals surface area contributed by atoms with Crippen molar-refractivity contribution in [3.05, 3.63) is 45.6 Å². The monoisotopic (exact) mass is 428 g/mol. The number of morpholine rings is 1. The van der Waals surface area contributed by atoms with Gasteiger partial charge in [0.2, 0.25) is 0 Å². The second-order valence-electron chi connectivity index (χ2n) is 6.36. The minimum atomic E-state index is -4.55. The van der Waals surface area contributed by atoms with Gasteiger partial charge in [-0.25, -0.2) is 4.79 Å². The topological polar surface area (TPSA) is 67.9 Å². The summed E-state index contributed by atoms with van der Waals surface area (Å²) in [5, 5.41) is 2.44. The normalized spacial score (nSPS) is 14.6. The zero-order valence-corrected chi connectivity index (χ0v) is 16.4. The highest BCUT2D eigenvalue weighted by Crippen LogP contribution is 2.35. The van der Waals surface area contributed by atoms with Crippen LogP contribution in [0.3, 0.4) is 0 Å². The molecule has 1 aromatic heterocycles. The molecule has 0 unspecified atom stereocenters. The number of thiophene rings is 1. The fourth-order valence-corrected chi connectivity index (χ4v) is 3.59. The number of anilines is 2. The Morgan fingerprint density at radius 1 is 1.21 bits per heavy atom. The Balaban J connectivity index is 1.72. The maximum atomic E-state index is 13.1. The maximum Gasteiger partial charge on any atom is 0.416 e. The van der Waals surface area contributed by atoms with E-state index in [1.54, 1.807) is 12.1 Å². The van der Waals surface area contributed by atoms with Gasteiger partial charge < -0.3 is 19.7 Å². The van der Waals surface area contributed by atoms with Gasteiger partial charge in [-0.1, -0.05) is 0 Å². The lowest BCUT2D eigenvalue weighted by Gasteiger charge is -2.31. The van der Waals surface area contributed by atoms with Crippen LogP contribution < -0.4 is 10.2 Å². The summed E-state index contributed by atoms with van der Waals surface area (Å²) in [5.41, 5.74) is -0.416. The average molecular weight is 428 g/mol. The molecule has 1 amide bonds. The summed E-state index contributed by atoms with van der Waals surface area (Å²) in [6.45, 7) is 3.07. The molecule has 0 atom stereocenters. The van der Waals surface area contributed by atoms with Crippen LogP contribution in [0.4, 0.5) is 24.5 Å². The van der Waals surface area contributed by atoms with Crippen molar-refractivity contribution in [3.8, 4) is 0 Å². The molecule has 0 spiro atoms. The van der Waals surface area contributed by atoms with Crippen LogP contribution in [0.2, 0.25) is 0 Å². The van der Waals surface area contributed by atoms with Crippen LogP contribution >= 0.6 is 11.3 Å². The largest absolute Gasteiger partial charge is 0.451 e. The van der Waals surface area contributed by atoms with Gasteiger partial charge in [0, 0.05) is 18.0 Å². The van der Waals surface area contributed by atoms with E-state index in [-0.39, 0.29) is 5.69 Å². The van der Waals surface area contributed by atoms with Gasteiger partial charge in [-0.3, -0.25) is 4.79 Å². The summed E-state index contributed by atoms with van der Waals surface area (Å²) in [6, 6.07) is 6.51. The Morgan fingerprint density at radius 2 is 1.93 bits per heavy atom. The van der Waals surface area contributed by atoms with Crippen LogP contribution in [0.1, 0.15) is 20.1 Å². The molecule has 0 radical (unpaired) electrons. The van der Waals surface area contributed by atoms with E-state index in [1.165, 1.54) is 17.4 Å². The Labute approximate surface area is 169 Å². The van der Waals surface area contributed by atoms with Gasteiger partial charge in [-0.2, -0.15) is 13.2 Å². The van der Waals surface area contributed by atoms with Crippen molar-refractivity contribution in [1.82, 2.24) is 0 Å². The molecule has 6 nitrogen and oxygen atoms in total. The number of amides is 1. The van der Waals surface area contributed by atoms with Crippen molar-refractivity contribution in [1.29, 1.82) is 0 Å². The number of rotatable bonds is 5. The molecule has 3 rings (SSSR count). The van der Waals surface area contributed by atoms with Crippen molar-refractivity contribution in [2.75, 3.05) is 43.1 Å². The fourth-order valence-electron chi connectivity index (χ4n) is 2.83. The predicted octanol–water partition coefficient (Wildman–Crippen LogP) is 3.71. The molecule has 1 aliphatic heterocycles. The Morgan fingerprint density at radius 3 is 2.55 bits per heavy atom. The fraction of sp³-hybridized carbons (Fsp3) is 0.368. The number of esters is 1. The molecule has 0 bridgehead atoms. The number of halogens is 3. The molecule has 1 N–H and O–H groups in total. The number of hydrogen-bond acceptors (Lipinski definition) is 6. The summed E-state index contributed by atoms with van der Waals surface area (Å²) in [5.74, 6) is -1.38. The Hall–Kier alpha value is -2.59. The molecule has 2 heterocycles. The van der Waals surface area contributed by atoms with E-state index in [9.17, 15) is 22.8 Å². The number of carbonyl (C=O) groups is 2. The molecular weight excluding hydrogens is 409 g/mol. The van der Waals surface area contributed by atoms with E-state index in [4.69, 9.17) is 9.47 Å². The van der Waals surface area contributed by atoms with Crippen LogP contribution in [-0.4, -0.2) is 44.8 Å². The molecule has 1 aliphatic rings.